The van der Waals surface area contributed by atoms with E-state index in [2.05, 4.69) is 5.32 Å². The van der Waals surface area contributed by atoms with Crippen molar-refractivity contribution in [3.63, 3.8) is 0 Å². The maximum absolute atomic E-state index is 11.2. The molecule has 7 heteroatoms. The minimum atomic E-state index is -4.29. The van der Waals surface area contributed by atoms with Crippen LogP contribution in [0.4, 0.5) is 0 Å². The van der Waals surface area contributed by atoms with Crippen molar-refractivity contribution in [1.82, 2.24) is 5.32 Å². The summed E-state index contributed by atoms with van der Waals surface area (Å²) in [5.74, 6) is -1.15. The van der Waals surface area contributed by atoms with Gasteiger partial charge in [-0.25, -0.2) is 0 Å². The van der Waals surface area contributed by atoms with E-state index in [1.807, 2.05) is 55.5 Å². The summed E-state index contributed by atoms with van der Waals surface area (Å²) in [4.78, 5) is 28.9. The van der Waals surface area contributed by atoms with E-state index in [9.17, 15) is 14.5 Å². The zero-order chi connectivity index (χ0) is 17.7. The Bertz CT molecular complexity index is 737. The third-order valence-corrected chi connectivity index (χ3v) is 4.21. The third kappa shape index (κ3) is 5.58. The Morgan fingerprint density at radius 1 is 1.04 bits per heavy atom. The first-order valence-electron chi connectivity index (χ1n) is 7.41. The van der Waals surface area contributed by atoms with Gasteiger partial charge in [0, 0.05) is 0 Å². The van der Waals surface area contributed by atoms with E-state index in [-0.39, 0.29) is 6.42 Å². The molecule has 0 radical (unpaired) electrons. The van der Waals surface area contributed by atoms with Gasteiger partial charge in [-0.15, -0.1) is 0 Å². The highest BCUT2D eigenvalue weighted by atomic mass is 31.2. The van der Waals surface area contributed by atoms with Crippen molar-refractivity contribution in [3.8, 4) is 11.1 Å². The molecule has 0 unspecified atom stereocenters. The highest BCUT2D eigenvalue weighted by molar-refractivity contribution is 7.51. The van der Waals surface area contributed by atoms with E-state index in [4.69, 9.17) is 9.79 Å². The normalized spacial score (nSPS) is 12.8. The minimum absolute atomic E-state index is 0.142. The number of carboxylic acid groups (broad SMARTS) is 1. The summed E-state index contributed by atoms with van der Waals surface area (Å²) in [6.45, 7) is 2.02. The Morgan fingerprint density at radius 3 is 2.00 bits per heavy atom. The van der Waals surface area contributed by atoms with Gasteiger partial charge in [-0.05, 0) is 30.0 Å². The van der Waals surface area contributed by atoms with Crippen LogP contribution in [0.25, 0.3) is 11.1 Å². The van der Waals surface area contributed by atoms with Crippen LogP contribution in [0.2, 0.25) is 0 Å². The largest absolute Gasteiger partial charge is 0.480 e. The molecule has 0 bridgehead atoms. The van der Waals surface area contributed by atoms with Crippen LogP contribution in [-0.2, 0) is 15.8 Å². The van der Waals surface area contributed by atoms with Gasteiger partial charge in [0.25, 0.3) is 0 Å². The highest BCUT2D eigenvalue weighted by Crippen LogP contribution is 2.32. The lowest BCUT2D eigenvalue weighted by atomic mass is 10.00. The van der Waals surface area contributed by atoms with Crippen molar-refractivity contribution in [1.29, 1.82) is 0 Å². The van der Waals surface area contributed by atoms with Gasteiger partial charge in [0.05, 0.1) is 6.29 Å². The van der Waals surface area contributed by atoms with E-state index in [1.165, 1.54) is 5.56 Å². The van der Waals surface area contributed by atoms with Gasteiger partial charge in [0.15, 0.2) is 0 Å². The Morgan fingerprint density at radius 2 is 1.54 bits per heavy atom. The SMILES string of the molecule is Cc1ccc(-c2ccc(C[C@H](NCP(=O)(O)O)C(=O)O)cc2)cc1. The molecule has 2 aromatic carbocycles. The number of rotatable bonds is 7. The molecular formula is C17H20NO5P. The van der Waals surface area contributed by atoms with E-state index < -0.39 is 25.9 Å². The molecule has 4 N–H and O–H groups in total. The maximum Gasteiger partial charge on any atom is 0.339 e. The molecule has 0 spiro atoms. The standard InChI is InChI=1S/C17H20NO5P/c1-12-2-6-14(7-3-12)15-8-4-13(5-9-15)10-16(17(19)20)18-11-24(21,22)23/h2-9,16,18H,10-11H2,1H3,(H,19,20)(H2,21,22,23)/t16-/m0/s1. The van der Waals surface area contributed by atoms with Crippen molar-refractivity contribution < 1.29 is 24.3 Å². The van der Waals surface area contributed by atoms with E-state index in [0.717, 1.165) is 16.7 Å². The third-order valence-electron chi connectivity index (χ3n) is 3.62. The molecule has 0 amide bonds. The highest BCUT2D eigenvalue weighted by Gasteiger charge is 2.22. The van der Waals surface area contributed by atoms with E-state index >= 15 is 0 Å². The van der Waals surface area contributed by atoms with Crippen LogP contribution in [0, 0.1) is 6.92 Å². The fourth-order valence-electron chi connectivity index (χ4n) is 2.29. The van der Waals surface area contributed by atoms with Gasteiger partial charge in [-0.2, -0.15) is 0 Å². The first kappa shape index (κ1) is 18.4. The molecule has 0 aliphatic rings. The molecule has 0 aliphatic carbocycles. The first-order valence-corrected chi connectivity index (χ1v) is 9.21. The average Bonchev–Trinajstić information content (AvgIpc) is 2.51. The lowest BCUT2D eigenvalue weighted by molar-refractivity contribution is -0.139. The van der Waals surface area contributed by atoms with E-state index in [1.54, 1.807) is 0 Å². The van der Waals surface area contributed by atoms with Crippen LogP contribution in [0.3, 0.4) is 0 Å². The molecule has 2 rings (SSSR count). The zero-order valence-electron chi connectivity index (χ0n) is 13.2. The molecule has 1 atom stereocenters. The van der Waals surface area contributed by atoms with Crippen molar-refractivity contribution in [2.24, 2.45) is 0 Å². The molecule has 0 aromatic heterocycles. The molecular weight excluding hydrogens is 329 g/mol. The lowest BCUT2D eigenvalue weighted by Gasteiger charge is -2.15. The zero-order valence-corrected chi connectivity index (χ0v) is 14.1. The summed E-state index contributed by atoms with van der Waals surface area (Å²) in [6, 6.07) is 14.5. The second-order valence-corrected chi connectivity index (χ2v) is 7.33. The van der Waals surface area contributed by atoms with Crippen LogP contribution >= 0.6 is 7.60 Å². The van der Waals surface area contributed by atoms with Crippen molar-refractivity contribution in [2.75, 3.05) is 6.29 Å². The number of aryl methyl sites for hydroxylation is 1. The second kappa shape index (κ2) is 7.73. The Labute approximate surface area is 140 Å². The number of hydrogen-bond donors (Lipinski definition) is 4. The molecule has 0 fully saturated rings. The smallest absolute Gasteiger partial charge is 0.339 e. The van der Waals surface area contributed by atoms with Crippen LogP contribution in [0.15, 0.2) is 48.5 Å². The Kier molecular flexibility index (Phi) is 5.91. The van der Waals surface area contributed by atoms with Crippen LogP contribution in [0.1, 0.15) is 11.1 Å². The van der Waals surface area contributed by atoms with E-state index in [0.29, 0.717) is 0 Å². The monoisotopic (exact) mass is 349 g/mol. The predicted molar refractivity (Wildman–Crippen MR) is 91.8 cm³/mol. The van der Waals surface area contributed by atoms with Crippen LogP contribution in [0.5, 0.6) is 0 Å². The lowest BCUT2D eigenvalue weighted by Crippen LogP contribution is -2.39. The Hall–Kier alpha value is -1.98. The molecule has 128 valence electrons. The number of nitrogens with one attached hydrogen (secondary N) is 1. The molecule has 0 heterocycles. The summed E-state index contributed by atoms with van der Waals surface area (Å²) >= 11 is 0. The van der Waals surface area contributed by atoms with Gasteiger partial charge in [-0.3, -0.25) is 14.7 Å². The first-order chi connectivity index (χ1) is 11.2. The minimum Gasteiger partial charge on any atom is -0.480 e. The molecule has 24 heavy (non-hydrogen) atoms. The maximum atomic E-state index is 11.2. The van der Waals surface area contributed by atoms with Gasteiger partial charge < -0.3 is 14.9 Å². The number of carboxylic acids is 1. The number of benzene rings is 2. The van der Waals surface area contributed by atoms with Crippen LogP contribution in [-0.4, -0.2) is 33.2 Å². The van der Waals surface area contributed by atoms with Gasteiger partial charge in [0.1, 0.15) is 6.04 Å². The fraction of sp³-hybridized carbons (Fsp3) is 0.235. The number of carbonyl (C=O) groups is 1. The molecule has 0 aliphatic heterocycles. The average molecular weight is 349 g/mol. The van der Waals surface area contributed by atoms with Crippen molar-refractivity contribution in [2.45, 2.75) is 19.4 Å². The number of aliphatic carboxylic acids is 1. The quantitative estimate of drug-likeness (QED) is 0.572. The topological polar surface area (TPSA) is 107 Å². The summed E-state index contributed by atoms with van der Waals surface area (Å²) in [6.07, 6.45) is -0.519. The van der Waals surface area contributed by atoms with Gasteiger partial charge >= 0.3 is 13.6 Å². The molecule has 2 aromatic rings. The summed E-state index contributed by atoms with van der Waals surface area (Å²) < 4.78 is 10.9. The predicted octanol–water partition coefficient (Wildman–Crippen LogP) is 2.38. The Balaban J connectivity index is 2.07. The molecule has 0 saturated carbocycles. The summed E-state index contributed by atoms with van der Waals surface area (Å²) in [5, 5.41) is 11.6. The van der Waals surface area contributed by atoms with Crippen molar-refractivity contribution >= 4 is 13.6 Å². The van der Waals surface area contributed by atoms with Crippen LogP contribution < -0.4 is 5.32 Å². The number of hydrogen-bond acceptors (Lipinski definition) is 3. The molecule has 0 saturated heterocycles. The summed E-state index contributed by atoms with van der Waals surface area (Å²) in [5.41, 5.74) is 4.04. The summed E-state index contributed by atoms with van der Waals surface area (Å²) in [7, 11) is -4.29. The van der Waals surface area contributed by atoms with Crippen molar-refractivity contribution in [3.05, 3.63) is 59.7 Å². The second-order valence-electron chi connectivity index (χ2n) is 5.68. The van der Waals surface area contributed by atoms with Gasteiger partial charge in [0.2, 0.25) is 0 Å². The fourth-order valence-corrected chi connectivity index (χ4v) is 2.75. The molecule has 6 nitrogen and oxygen atoms in total. The van der Waals surface area contributed by atoms with Gasteiger partial charge in [-0.1, -0.05) is 54.1 Å².